The maximum atomic E-state index is 13.4. The van der Waals surface area contributed by atoms with Gasteiger partial charge in [-0.1, -0.05) is 24.3 Å². The minimum Gasteiger partial charge on any atom is -0.462 e. The number of hydrogen-bond donors (Lipinski definition) is 2. The monoisotopic (exact) mass is 391 g/mol. The molecule has 0 saturated carbocycles. The predicted molar refractivity (Wildman–Crippen MR) is 114 cm³/mol. The van der Waals surface area contributed by atoms with Crippen LogP contribution in [0.4, 0.5) is 17.1 Å². The molecule has 2 unspecified atom stereocenters. The van der Waals surface area contributed by atoms with Crippen LogP contribution in [0.15, 0.2) is 41.5 Å². The van der Waals surface area contributed by atoms with Crippen molar-refractivity contribution in [3.8, 4) is 0 Å². The van der Waals surface area contributed by atoms with Crippen molar-refractivity contribution in [2.24, 2.45) is 0 Å². The number of carbonyl (C=O) groups is 2. The van der Waals surface area contributed by atoms with Crippen molar-refractivity contribution in [2.45, 2.75) is 44.8 Å². The summed E-state index contributed by atoms with van der Waals surface area (Å²) in [6.45, 7) is 4.10. The Balaban J connectivity index is 1.66. The van der Waals surface area contributed by atoms with Gasteiger partial charge in [-0.25, -0.2) is 4.79 Å². The smallest absolute Gasteiger partial charge is 0.339 e. The van der Waals surface area contributed by atoms with E-state index in [4.69, 9.17) is 4.74 Å². The van der Waals surface area contributed by atoms with E-state index in [9.17, 15) is 9.59 Å². The quantitative estimate of drug-likeness (QED) is 0.742. The number of rotatable bonds is 2. The van der Waals surface area contributed by atoms with Crippen LogP contribution in [0.1, 0.15) is 53.8 Å². The molecule has 150 valence electrons. The lowest BCUT2D eigenvalue weighted by atomic mass is 9.82. The molecule has 6 nitrogen and oxygen atoms in total. The maximum Gasteiger partial charge on any atom is 0.339 e. The summed E-state index contributed by atoms with van der Waals surface area (Å²) in [6, 6.07) is 1.79. The molecule has 1 aromatic carbocycles. The Hall–Kier alpha value is -3.02. The summed E-state index contributed by atoms with van der Waals surface area (Å²) in [4.78, 5) is 28.2. The van der Waals surface area contributed by atoms with Gasteiger partial charge in [0.15, 0.2) is 5.78 Å². The third kappa shape index (κ3) is 2.62. The average Bonchev–Trinajstić information content (AvgIpc) is 3.18. The number of esters is 1. The minimum atomic E-state index is -0.448. The summed E-state index contributed by atoms with van der Waals surface area (Å²) in [7, 11) is 1.98. The van der Waals surface area contributed by atoms with Crippen molar-refractivity contribution in [1.82, 2.24) is 0 Å². The molecule has 2 N–H and O–H groups in total. The maximum absolute atomic E-state index is 13.4. The highest BCUT2D eigenvalue weighted by Gasteiger charge is 2.45. The minimum absolute atomic E-state index is 0.0161. The third-order valence-corrected chi connectivity index (χ3v) is 6.38. The first-order valence-corrected chi connectivity index (χ1v) is 10.2. The Kier molecular flexibility index (Phi) is 3.88. The van der Waals surface area contributed by atoms with E-state index < -0.39 is 11.5 Å². The zero-order valence-corrected chi connectivity index (χ0v) is 17.0. The fraction of sp³-hybridized carbons (Fsp3) is 0.391. The van der Waals surface area contributed by atoms with Crippen LogP contribution in [0.3, 0.4) is 0 Å². The van der Waals surface area contributed by atoms with Crippen molar-refractivity contribution in [2.75, 3.05) is 29.2 Å². The van der Waals surface area contributed by atoms with Crippen LogP contribution in [0.2, 0.25) is 0 Å². The van der Waals surface area contributed by atoms with Crippen molar-refractivity contribution >= 4 is 28.8 Å². The lowest BCUT2D eigenvalue weighted by Gasteiger charge is -2.36. The number of benzene rings is 1. The number of anilines is 3. The van der Waals surface area contributed by atoms with Crippen LogP contribution in [-0.4, -0.2) is 37.1 Å². The molecule has 5 rings (SSSR count). The normalized spacial score (nSPS) is 26.2. The number of fused-ring (bicyclic) bond motifs is 4. The Labute approximate surface area is 170 Å². The predicted octanol–water partition coefficient (Wildman–Crippen LogP) is 4.02. The number of ketones is 1. The highest BCUT2D eigenvalue weighted by molar-refractivity contribution is 6.16. The van der Waals surface area contributed by atoms with Crippen LogP contribution >= 0.6 is 0 Å². The third-order valence-electron chi connectivity index (χ3n) is 6.38. The SMILES string of the molecule is CCOC(=O)c1cc2c(c3c1C(=O)CC1(C=C4CC=CC=C4C1)N3)NC(C)N2C. The van der Waals surface area contributed by atoms with Crippen LogP contribution in [0.5, 0.6) is 0 Å². The molecule has 0 bridgehead atoms. The van der Waals surface area contributed by atoms with Crippen molar-refractivity contribution < 1.29 is 14.3 Å². The van der Waals surface area contributed by atoms with Crippen LogP contribution < -0.4 is 15.5 Å². The topological polar surface area (TPSA) is 70.7 Å². The number of hydrogen-bond acceptors (Lipinski definition) is 6. The summed E-state index contributed by atoms with van der Waals surface area (Å²) < 4.78 is 5.27. The van der Waals surface area contributed by atoms with E-state index in [1.165, 1.54) is 11.1 Å². The molecule has 29 heavy (non-hydrogen) atoms. The molecular weight excluding hydrogens is 366 g/mol. The van der Waals surface area contributed by atoms with Gasteiger partial charge in [-0.05, 0) is 43.9 Å². The number of Topliss-reactive ketones (excluding diaryl/α,β-unsaturated/α-hetero) is 1. The van der Waals surface area contributed by atoms with Gasteiger partial charge in [-0.15, -0.1) is 0 Å². The van der Waals surface area contributed by atoms with Gasteiger partial charge in [0.2, 0.25) is 0 Å². The van der Waals surface area contributed by atoms with E-state index in [1.807, 2.05) is 7.05 Å². The lowest BCUT2D eigenvalue weighted by molar-refractivity contribution is 0.0522. The van der Waals surface area contributed by atoms with E-state index in [2.05, 4.69) is 46.8 Å². The second-order valence-corrected chi connectivity index (χ2v) is 8.27. The molecule has 2 aliphatic heterocycles. The lowest BCUT2D eigenvalue weighted by Crippen LogP contribution is -2.42. The van der Waals surface area contributed by atoms with Gasteiger partial charge >= 0.3 is 5.97 Å². The standard InChI is InChI=1S/C23H25N3O3/c1-4-29-22(28)16-9-17-20(24-13(2)26(17)3)21-19(16)18(27)12-23(25-21)10-14-7-5-6-8-15(14)11-23/h5-7,9,11,13,24-25H,4,8,10,12H2,1-3H3. The summed E-state index contributed by atoms with van der Waals surface area (Å²) >= 11 is 0. The first-order valence-electron chi connectivity index (χ1n) is 10.2. The van der Waals surface area contributed by atoms with Gasteiger partial charge in [0, 0.05) is 13.5 Å². The fourth-order valence-electron chi connectivity index (χ4n) is 4.92. The van der Waals surface area contributed by atoms with Crippen molar-refractivity contribution in [1.29, 1.82) is 0 Å². The van der Waals surface area contributed by atoms with Gasteiger partial charge < -0.3 is 20.3 Å². The Morgan fingerprint density at radius 3 is 2.90 bits per heavy atom. The first-order chi connectivity index (χ1) is 13.9. The Bertz CT molecular complexity index is 1040. The number of ether oxygens (including phenoxy) is 1. The molecule has 0 saturated heterocycles. The van der Waals surface area contributed by atoms with E-state index in [0.717, 1.165) is 29.9 Å². The van der Waals surface area contributed by atoms with Crippen LogP contribution in [-0.2, 0) is 4.74 Å². The molecule has 0 aromatic heterocycles. The Morgan fingerprint density at radius 1 is 1.31 bits per heavy atom. The van der Waals surface area contributed by atoms with Gasteiger partial charge in [0.25, 0.3) is 0 Å². The second-order valence-electron chi connectivity index (χ2n) is 8.27. The molecular formula is C23H25N3O3. The molecule has 2 heterocycles. The van der Waals surface area contributed by atoms with Gasteiger partial charge in [-0.3, -0.25) is 4.79 Å². The molecule has 0 fully saturated rings. The van der Waals surface area contributed by atoms with Crippen LogP contribution in [0.25, 0.3) is 0 Å². The number of allylic oxidation sites excluding steroid dienone is 4. The molecule has 2 aliphatic carbocycles. The van der Waals surface area contributed by atoms with Crippen molar-refractivity contribution in [3.63, 3.8) is 0 Å². The number of nitrogens with one attached hydrogen (secondary N) is 2. The average molecular weight is 391 g/mol. The van der Waals surface area contributed by atoms with Crippen molar-refractivity contribution in [3.05, 3.63) is 52.6 Å². The van der Waals surface area contributed by atoms with Gasteiger partial charge in [0.1, 0.15) is 0 Å². The zero-order valence-electron chi connectivity index (χ0n) is 17.0. The number of nitrogens with zero attached hydrogens (tertiary/aromatic N) is 1. The summed E-state index contributed by atoms with van der Waals surface area (Å²) in [5.41, 5.74) is 5.44. The molecule has 1 spiro atoms. The molecule has 0 radical (unpaired) electrons. The first kappa shape index (κ1) is 18.0. The Morgan fingerprint density at radius 2 is 2.14 bits per heavy atom. The van der Waals surface area contributed by atoms with Gasteiger partial charge in [0.05, 0.1) is 46.5 Å². The molecule has 1 aromatic rings. The molecule has 2 atom stereocenters. The van der Waals surface area contributed by atoms with E-state index in [-0.39, 0.29) is 18.6 Å². The summed E-state index contributed by atoms with van der Waals surface area (Å²) in [6.07, 6.45) is 10.7. The summed E-state index contributed by atoms with van der Waals surface area (Å²) in [5.74, 6) is -0.464. The highest BCUT2D eigenvalue weighted by Crippen LogP contribution is 2.51. The fourth-order valence-corrected chi connectivity index (χ4v) is 4.92. The molecule has 4 aliphatic rings. The highest BCUT2D eigenvalue weighted by atomic mass is 16.5. The summed E-state index contributed by atoms with van der Waals surface area (Å²) in [5, 5.41) is 7.15. The largest absolute Gasteiger partial charge is 0.462 e. The molecule has 0 amide bonds. The van der Waals surface area contributed by atoms with E-state index >= 15 is 0 Å². The van der Waals surface area contributed by atoms with Gasteiger partial charge in [-0.2, -0.15) is 0 Å². The van der Waals surface area contributed by atoms with E-state index in [0.29, 0.717) is 17.5 Å². The van der Waals surface area contributed by atoms with Crippen LogP contribution in [0, 0.1) is 0 Å². The number of carbonyl (C=O) groups excluding carboxylic acids is 2. The molecule has 6 heteroatoms. The second kappa shape index (κ2) is 6.24. The van der Waals surface area contributed by atoms with E-state index in [1.54, 1.807) is 13.0 Å². The zero-order chi connectivity index (χ0) is 20.3.